The highest BCUT2D eigenvalue weighted by atomic mass is 79.9. The van der Waals surface area contributed by atoms with Crippen LogP contribution in [0.15, 0.2) is 57.9 Å². The highest BCUT2D eigenvalue weighted by molar-refractivity contribution is 9.10. The lowest BCUT2D eigenvalue weighted by molar-refractivity contribution is 0.0699. The second-order valence-electron chi connectivity index (χ2n) is 4.75. The second kappa shape index (κ2) is 6.10. The minimum atomic E-state index is -0.951. The number of fused-ring (bicyclic) bond motifs is 1. The highest BCUT2D eigenvalue weighted by Gasteiger charge is 2.13. The molecule has 5 heteroatoms. The third-order valence-corrected chi connectivity index (χ3v) is 4.62. The molecule has 0 spiro atoms. The average Bonchev–Trinajstić information content (AvgIpc) is 2.53. The number of aromatic nitrogens is 1. The van der Waals surface area contributed by atoms with Gasteiger partial charge < -0.3 is 5.11 Å². The molecule has 1 heterocycles. The minimum absolute atomic E-state index is 0.259. The van der Waals surface area contributed by atoms with Crippen molar-refractivity contribution in [3.05, 3.63) is 58.6 Å². The topological polar surface area (TPSA) is 50.2 Å². The number of aromatic carboxylic acids is 1. The molecular weight excluding hydrogens is 362 g/mol. The van der Waals surface area contributed by atoms with Crippen molar-refractivity contribution < 1.29 is 9.90 Å². The summed E-state index contributed by atoms with van der Waals surface area (Å²) in [4.78, 5) is 17.3. The molecule has 0 fully saturated rings. The number of thioether (sulfide) groups is 1. The molecule has 0 radical (unpaired) electrons. The molecule has 110 valence electrons. The van der Waals surface area contributed by atoms with Crippen molar-refractivity contribution >= 4 is 44.6 Å². The summed E-state index contributed by atoms with van der Waals surface area (Å²) >= 11 is 5.04. The zero-order valence-electron chi connectivity index (χ0n) is 11.7. The maximum Gasteiger partial charge on any atom is 0.336 e. The summed E-state index contributed by atoms with van der Waals surface area (Å²) in [6.45, 7) is 0. The largest absolute Gasteiger partial charge is 0.478 e. The Balaban J connectivity index is 2.21. The highest BCUT2D eigenvalue weighted by Crippen LogP contribution is 2.28. The SMILES string of the molecule is CSc1ccc(-c2cc(C(=O)O)c3cc(Br)ccc3n2)cc1. The van der Waals surface area contributed by atoms with Gasteiger partial charge in [0, 0.05) is 20.3 Å². The minimum Gasteiger partial charge on any atom is -0.478 e. The number of nitrogens with zero attached hydrogens (tertiary/aromatic N) is 1. The van der Waals surface area contributed by atoms with Crippen molar-refractivity contribution in [1.29, 1.82) is 0 Å². The lowest BCUT2D eigenvalue weighted by Crippen LogP contribution is -2.00. The van der Waals surface area contributed by atoms with Crippen LogP contribution >= 0.6 is 27.7 Å². The van der Waals surface area contributed by atoms with Gasteiger partial charge in [-0.05, 0) is 42.7 Å². The van der Waals surface area contributed by atoms with Crippen LogP contribution in [0.2, 0.25) is 0 Å². The molecule has 0 unspecified atom stereocenters. The summed E-state index contributed by atoms with van der Waals surface area (Å²) in [6.07, 6.45) is 2.02. The Morgan fingerprint density at radius 1 is 1.14 bits per heavy atom. The molecule has 0 amide bonds. The fraction of sp³-hybridized carbons (Fsp3) is 0.0588. The molecule has 0 aliphatic heterocycles. The first-order chi connectivity index (χ1) is 10.6. The number of hydrogen-bond acceptors (Lipinski definition) is 3. The number of hydrogen-bond donors (Lipinski definition) is 1. The molecular formula is C17H12BrNO2S. The predicted molar refractivity (Wildman–Crippen MR) is 93.6 cm³/mol. The first kappa shape index (κ1) is 15.1. The zero-order chi connectivity index (χ0) is 15.7. The van der Waals surface area contributed by atoms with Crippen molar-refractivity contribution in [2.24, 2.45) is 0 Å². The molecule has 3 aromatic rings. The van der Waals surface area contributed by atoms with Crippen LogP contribution in [0, 0.1) is 0 Å². The van der Waals surface area contributed by atoms with Crippen molar-refractivity contribution in [3.8, 4) is 11.3 Å². The van der Waals surface area contributed by atoms with E-state index in [1.807, 2.05) is 42.7 Å². The summed E-state index contributed by atoms with van der Waals surface area (Å²) in [5, 5.41) is 10.1. The Hall–Kier alpha value is -1.85. The van der Waals surface area contributed by atoms with Crippen LogP contribution in [-0.2, 0) is 0 Å². The van der Waals surface area contributed by atoms with E-state index in [1.54, 1.807) is 23.9 Å². The van der Waals surface area contributed by atoms with Crippen LogP contribution in [0.25, 0.3) is 22.2 Å². The maximum absolute atomic E-state index is 11.6. The van der Waals surface area contributed by atoms with E-state index in [0.717, 1.165) is 14.9 Å². The monoisotopic (exact) mass is 373 g/mol. The van der Waals surface area contributed by atoms with Gasteiger partial charge >= 0.3 is 5.97 Å². The van der Waals surface area contributed by atoms with Gasteiger partial charge in [-0.2, -0.15) is 0 Å². The van der Waals surface area contributed by atoms with Gasteiger partial charge in [0.2, 0.25) is 0 Å². The molecule has 0 saturated carbocycles. The van der Waals surface area contributed by atoms with E-state index < -0.39 is 5.97 Å². The van der Waals surface area contributed by atoms with E-state index in [9.17, 15) is 9.90 Å². The average molecular weight is 374 g/mol. The van der Waals surface area contributed by atoms with Crippen LogP contribution in [0.3, 0.4) is 0 Å². The number of benzene rings is 2. The summed E-state index contributed by atoms with van der Waals surface area (Å²) in [6, 6.07) is 15.0. The zero-order valence-corrected chi connectivity index (χ0v) is 14.1. The maximum atomic E-state index is 11.6. The molecule has 3 nitrogen and oxygen atoms in total. The summed E-state index contributed by atoms with van der Waals surface area (Å²) in [5.74, 6) is -0.951. The Morgan fingerprint density at radius 3 is 2.50 bits per heavy atom. The Labute approximate surface area is 140 Å². The van der Waals surface area contributed by atoms with Gasteiger partial charge in [-0.3, -0.25) is 0 Å². The van der Waals surface area contributed by atoms with E-state index in [1.165, 1.54) is 0 Å². The fourth-order valence-corrected chi connectivity index (χ4v) is 3.05. The van der Waals surface area contributed by atoms with Crippen LogP contribution in [0.1, 0.15) is 10.4 Å². The molecule has 1 aromatic heterocycles. The van der Waals surface area contributed by atoms with E-state index in [0.29, 0.717) is 16.6 Å². The molecule has 3 rings (SSSR count). The quantitative estimate of drug-likeness (QED) is 0.650. The summed E-state index contributed by atoms with van der Waals surface area (Å²) in [5.41, 5.74) is 2.51. The van der Waals surface area contributed by atoms with Crippen molar-refractivity contribution in [1.82, 2.24) is 4.98 Å². The van der Waals surface area contributed by atoms with Crippen molar-refractivity contribution in [2.45, 2.75) is 4.90 Å². The van der Waals surface area contributed by atoms with Gasteiger partial charge in [-0.1, -0.05) is 28.1 Å². The lowest BCUT2D eigenvalue weighted by atomic mass is 10.0. The van der Waals surface area contributed by atoms with E-state index in [4.69, 9.17) is 0 Å². The third-order valence-electron chi connectivity index (χ3n) is 3.39. The number of rotatable bonds is 3. The number of carbonyl (C=O) groups is 1. The first-order valence-corrected chi connectivity index (χ1v) is 8.58. The van der Waals surface area contributed by atoms with E-state index >= 15 is 0 Å². The first-order valence-electron chi connectivity index (χ1n) is 6.56. The molecule has 0 bridgehead atoms. The molecule has 0 aliphatic rings. The van der Waals surface area contributed by atoms with Crippen LogP contribution < -0.4 is 0 Å². The second-order valence-corrected chi connectivity index (χ2v) is 6.55. The van der Waals surface area contributed by atoms with Crippen LogP contribution in [-0.4, -0.2) is 22.3 Å². The molecule has 1 N–H and O–H groups in total. The third kappa shape index (κ3) is 2.87. The Morgan fingerprint density at radius 2 is 1.86 bits per heavy atom. The number of halogens is 1. The van der Waals surface area contributed by atoms with Gasteiger partial charge in [0.25, 0.3) is 0 Å². The van der Waals surface area contributed by atoms with Crippen LogP contribution in [0.5, 0.6) is 0 Å². The fourth-order valence-electron chi connectivity index (χ4n) is 2.28. The van der Waals surface area contributed by atoms with Crippen LogP contribution in [0.4, 0.5) is 0 Å². The van der Waals surface area contributed by atoms with E-state index in [-0.39, 0.29) is 5.56 Å². The molecule has 0 aliphatic carbocycles. The van der Waals surface area contributed by atoms with Crippen molar-refractivity contribution in [2.75, 3.05) is 6.26 Å². The molecule has 0 atom stereocenters. The molecule has 22 heavy (non-hydrogen) atoms. The van der Waals surface area contributed by atoms with Gasteiger partial charge in [-0.15, -0.1) is 11.8 Å². The smallest absolute Gasteiger partial charge is 0.336 e. The van der Waals surface area contributed by atoms with E-state index in [2.05, 4.69) is 20.9 Å². The number of pyridine rings is 1. The lowest BCUT2D eigenvalue weighted by Gasteiger charge is -2.08. The van der Waals surface area contributed by atoms with Gasteiger partial charge in [-0.25, -0.2) is 9.78 Å². The Kier molecular flexibility index (Phi) is 4.18. The Bertz CT molecular complexity index is 862. The van der Waals surface area contributed by atoms with Gasteiger partial charge in [0.1, 0.15) is 0 Å². The molecule has 2 aromatic carbocycles. The number of carboxylic acid groups (broad SMARTS) is 1. The van der Waals surface area contributed by atoms with Gasteiger partial charge in [0.05, 0.1) is 16.8 Å². The summed E-state index contributed by atoms with van der Waals surface area (Å²) < 4.78 is 0.835. The number of carboxylic acids is 1. The normalized spacial score (nSPS) is 10.8. The van der Waals surface area contributed by atoms with Crippen molar-refractivity contribution in [3.63, 3.8) is 0 Å². The standard InChI is InChI=1S/C17H12BrNO2S/c1-22-12-5-2-10(3-6-12)16-9-14(17(20)21)13-8-11(18)4-7-15(13)19-16/h2-9H,1H3,(H,20,21). The summed E-state index contributed by atoms with van der Waals surface area (Å²) in [7, 11) is 0. The predicted octanol–water partition coefficient (Wildman–Crippen LogP) is 5.08. The molecule has 0 saturated heterocycles. The van der Waals surface area contributed by atoms with Gasteiger partial charge in [0.15, 0.2) is 0 Å².